The van der Waals surface area contributed by atoms with Crippen molar-refractivity contribution in [2.75, 3.05) is 5.88 Å². The van der Waals surface area contributed by atoms with Gasteiger partial charge in [0.15, 0.2) is 0 Å². The summed E-state index contributed by atoms with van der Waals surface area (Å²) in [4.78, 5) is 0. The van der Waals surface area contributed by atoms with Crippen molar-refractivity contribution in [2.45, 2.75) is 13.0 Å². The third-order valence-electron chi connectivity index (χ3n) is 2.72. The molecule has 0 aromatic heterocycles. The van der Waals surface area contributed by atoms with Crippen LogP contribution in [0.2, 0.25) is 0 Å². The van der Waals surface area contributed by atoms with Crippen LogP contribution in [0.4, 0.5) is 8.78 Å². The smallest absolute Gasteiger partial charge is 0.132 e. The molecule has 0 aliphatic heterocycles. The van der Waals surface area contributed by atoms with Gasteiger partial charge < -0.3 is 4.74 Å². The lowest BCUT2D eigenvalue weighted by atomic mass is 10.2. The van der Waals surface area contributed by atoms with E-state index >= 15 is 0 Å². The number of ether oxygens (including phenoxy) is 1. The van der Waals surface area contributed by atoms with Crippen molar-refractivity contribution in [1.82, 2.24) is 0 Å². The zero-order valence-electron chi connectivity index (χ0n) is 11.2. The molecule has 0 saturated heterocycles. The predicted molar refractivity (Wildman–Crippen MR) is 79.3 cm³/mol. The molecule has 0 aliphatic carbocycles. The summed E-state index contributed by atoms with van der Waals surface area (Å²) in [6.45, 7) is 0.0450. The lowest BCUT2D eigenvalue weighted by molar-refractivity contribution is 0.299. The molecule has 4 heteroatoms. The highest BCUT2D eigenvalue weighted by Crippen LogP contribution is 2.16. The van der Waals surface area contributed by atoms with Gasteiger partial charge in [-0.2, -0.15) is 0 Å². The molecule has 0 heterocycles. The minimum Gasteiger partial charge on any atom is -0.489 e. The Labute approximate surface area is 127 Å². The van der Waals surface area contributed by atoms with Crippen molar-refractivity contribution < 1.29 is 13.5 Å². The van der Waals surface area contributed by atoms with E-state index in [9.17, 15) is 8.78 Å². The van der Waals surface area contributed by atoms with E-state index in [2.05, 4.69) is 11.8 Å². The quantitative estimate of drug-likeness (QED) is 0.596. The van der Waals surface area contributed by atoms with Gasteiger partial charge in [0.2, 0.25) is 0 Å². The van der Waals surface area contributed by atoms with Gasteiger partial charge in [-0.05, 0) is 36.4 Å². The second kappa shape index (κ2) is 7.66. The van der Waals surface area contributed by atoms with Gasteiger partial charge >= 0.3 is 0 Å². The SMILES string of the molecule is Fc1ccc(COc2ccc(C#CCCCl)cc2)c(F)c1. The summed E-state index contributed by atoms with van der Waals surface area (Å²) in [6.07, 6.45) is 0.643. The molecule has 2 aromatic carbocycles. The zero-order chi connectivity index (χ0) is 15.1. The fourth-order valence-corrected chi connectivity index (χ4v) is 1.74. The van der Waals surface area contributed by atoms with Crippen molar-refractivity contribution in [1.29, 1.82) is 0 Å². The van der Waals surface area contributed by atoms with Crippen LogP contribution in [0, 0.1) is 23.5 Å². The van der Waals surface area contributed by atoms with E-state index in [0.29, 0.717) is 23.6 Å². The maximum Gasteiger partial charge on any atom is 0.132 e. The molecule has 0 N–H and O–H groups in total. The Morgan fingerprint density at radius 2 is 1.81 bits per heavy atom. The minimum absolute atomic E-state index is 0.0450. The molecule has 0 saturated carbocycles. The van der Waals surface area contributed by atoms with Crippen LogP contribution < -0.4 is 4.74 Å². The lowest BCUT2D eigenvalue weighted by Crippen LogP contribution is -1.99. The van der Waals surface area contributed by atoms with Crippen molar-refractivity contribution in [3.05, 3.63) is 65.2 Å². The lowest BCUT2D eigenvalue weighted by Gasteiger charge is -2.07. The molecule has 21 heavy (non-hydrogen) atoms. The van der Waals surface area contributed by atoms with Gasteiger partial charge in [-0.25, -0.2) is 8.78 Å². The molecule has 1 nitrogen and oxygen atoms in total. The molecule has 2 aromatic rings. The van der Waals surface area contributed by atoms with Crippen LogP contribution in [0.3, 0.4) is 0 Å². The fourth-order valence-electron chi connectivity index (χ4n) is 1.65. The maximum absolute atomic E-state index is 13.4. The van der Waals surface area contributed by atoms with E-state index < -0.39 is 11.6 Å². The predicted octanol–water partition coefficient (Wildman–Crippen LogP) is 4.52. The third-order valence-corrected chi connectivity index (χ3v) is 2.90. The standard InChI is InChI=1S/C17H13ClF2O/c18-10-2-1-3-13-4-8-16(9-5-13)21-12-14-6-7-15(19)11-17(14)20/h4-9,11H,2,10,12H2. The number of hydrogen-bond acceptors (Lipinski definition) is 1. The molecular formula is C17H13ClF2O. The molecule has 0 fully saturated rings. The Bertz CT molecular complexity index is 657. The van der Waals surface area contributed by atoms with Crippen molar-refractivity contribution >= 4 is 11.6 Å². The topological polar surface area (TPSA) is 9.23 Å². The number of hydrogen-bond donors (Lipinski definition) is 0. The Morgan fingerprint density at radius 3 is 2.48 bits per heavy atom. The molecular weight excluding hydrogens is 294 g/mol. The normalized spacial score (nSPS) is 9.86. The van der Waals surface area contributed by atoms with Gasteiger partial charge in [0.05, 0.1) is 0 Å². The average molecular weight is 307 g/mol. The van der Waals surface area contributed by atoms with E-state index in [4.69, 9.17) is 16.3 Å². The highest BCUT2D eigenvalue weighted by molar-refractivity contribution is 6.18. The summed E-state index contributed by atoms with van der Waals surface area (Å²) >= 11 is 5.54. The van der Waals surface area contributed by atoms with Crippen LogP contribution >= 0.6 is 11.6 Å². The maximum atomic E-state index is 13.4. The van der Waals surface area contributed by atoms with Crippen LogP contribution in [-0.4, -0.2) is 5.88 Å². The molecule has 0 amide bonds. The van der Waals surface area contributed by atoms with Gasteiger partial charge in [-0.3, -0.25) is 0 Å². The summed E-state index contributed by atoms with van der Waals surface area (Å²) in [5.74, 6) is 5.80. The summed E-state index contributed by atoms with van der Waals surface area (Å²) in [7, 11) is 0. The van der Waals surface area contributed by atoms with Crippen LogP contribution in [-0.2, 0) is 6.61 Å². The Morgan fingerprint density at radius 1 is 1.05 bits per heavy atom. The Kier molecular flexibility index (Phi) is 5.59. The minimum atomic E-state index is -0.612. The summed E-state index contributed by atoms with van der Waals surface area (Å²) < 4.78 is 31.7. The van der Waals surface area contributed by atoms with E-state index in [0.717, 1.165) is 11.6 Å². The molecule has 0 bridgehead atoms. The number of halogens is 3. The van der Waals surface area contributed by atoms with Crippen molar-refractivity contribution in [3.63, 3.8) is 0 Å². The Hall–Kier alpha value is -2.05. The van der Waals surface area contributed by atoms with Crippen LogP contribution in [0.15, 0.2) is 42.5 Å². The van der Waals surface area contributed by atoms with Crippen LogP contribution in [0.25, 0.3) is 0 Å². The van der Waals surface area contributed by atoms with Crippen molar-refractivity contribution in [3.8, 4) is 17.6 Å². The van der Waals surface area contributed by atoms with Gasteiger partial charge in [-0.1, -0.05) is 11.8 Å². The largest absolute Gasteiger partial charge is 0.489 e. The monoisotopic (exact) mass is 306 g/mol. The number of benzene rings is 2. The van der Waals surface area contributed by atoms with E-state index in [1.165, 1.54) is 12.1 Å². The second-order valence-corrected chi connectivity index (χ2v) is 4.67. The molecule has 0 unspecified atom stereocenters. The third kappa shape index (κ3) is 4.77. The van der Waals surface area contributed by atoms with E-state index in [-0.39, 0.29) is 6.61 Å². The van der Waals surface area contributed by atoms with E-state index in [1.807, 2.05) is 12.1 Å². The second-order valence-electron chi connectivity index (χ2n) is 4.29. The van der Waals surface area contributed by atoms with Crippen LogP contribution in [0.5, 0.6) is 5.75 Å². The van der Waals surface area contributed by atoms with Crippen molar-refractivity contribution in [2.24, 2.45) is 0 Å². The first-order valence-corrected chi connectivity index (χ1v) is 6.94. The molecule has 0 aliphatic rings. The van der Waals surface area contributed by atoms with Gasteiger partial charge in [0.25, 0.3) is 0 Å². The molecule has 0 atom stereocenters. The summed E-state index contributed by atoms with van der Waals surface area (Å²) in [5.41, 5.74) is 1.17. The molecule has 0 spiro atoms. The molecule has 2 rings (SSSR count). The zero-order valence-corrected chi connectivity index (χ0v) is 12.0. The first-order valence-electron chi connectivity index (χ1n) is 6.40. The molecule has 108 valence electrons. The van der Waals surface area contributed by atoms with Gasteiger partial charge in [-0.15, -0.1) is 11.6 Å². The Balaban J connectivity index is 1.96. The first kappa shape index (κ1) is 15.3. The highest BCUT2D eigenvalue weighted by Gasteiger charge is 2.04. The summed E-state index contributed by atoms with van der Waals surface area (Å²) in [5, 5.41) is 0. The first-order chi connectivity index (χ1) is 10.2. The average Bonchev–Trinajstić information content (AvgIpc) is 2.48. The van der Waals surface area contributed by atoms with Crippen LogP contribution in [0.1, 0.15) is 17.5 Å². The highest BCUT2D eigenvalue weighted by atomic mass is 35.5. The summed E-state index contributed by atoms with van der Waals surface area (Å²) in [6, 6.07) is 10.6. The fraction of sp³-hybridized carbons (Fsp3) is 0.176. The van der Waals surface area contributed by atoms with Gasteiger partial charge in [0, 0.05) is 29.5 Å². The number of alkyl halides is 1. The van der Waals surface area contributed by atoms with Gasteiger partial charge in [0.1, 0.15) is 24.0 Å². The van der Waals surface area contributed by atoms with E-state index in [1.54, 1.807) is 12.1 Å². The molecule has 0 radical (unpaired) electrons. The number of rotatable bonds is 4.